The smallest absolute Gasteiger partial charge is 0.273 e. The van der Waals surface area contributed by atoms with Crippen LogP contribution in [0.5, 0.6) is 0 Å². The van der Waals surface area contributed by atoms with E-state index in [4.69, 9.17) is 33.7 Å². The predicted octanol–water partition coefficient (Wildman–Crippen LogP) is 2.90. The van der Waals surface area contributed by atoms with Gasteiger partial charge in [-0.05, 0) is 31.0 Å². The number of methoxy groups -OCH3 is 1. The molecule has 1 heterocycles. The van der Waals surface area contributed by atoms with E-state index >= 15 is 0 Å². The maximum atomic E-state index is 12.2. The van der Waals surface area contributed by atoms with E-state index in [1.165, 1.54) is 0 Å². The van der Waals surface area contributed by atoms with Crippen LogP contribution in [0, 0.1) is 6.92 Å². The van der Waals surface area contributed by atoms with Crippen molar-refractivity contribution in [2.24, 2.45) is 0 Å². The Kier molecular flexibility index (Phi) is 6.48. The summed E-state index contributed by atoms with van der Waals surface area (Å²) < 4.78 is 6.71. The van der Waals surface area contributed by atoms with E-state index in [0.29, 0.717) is 41.4 Å². The second-order valence-corrected chi connectivity index (χ2v) is 6.14. The number of amides is 1. The highest BCUT2D eigenvalue weighted by Gasteiger charge is 2.18. The molecule has 2 rings (SSSR count). The maximum Gasteiger partial charge on any atom is 0.273 e. The van der Waals surface area contributed by atoms with Crippen LogP contribution in [0.4, 0.5) is 5.82 Å². The van der Waals surface area contributed by atoms with Crippen LogP contribution in [0.3, 0.4) is 0 Å². The standard InChI is InChI=1S/C16H20Cl2N4O2/c1-10-21-14(16(23)20-6-3-7-24-2)15(19)22(10)9-11-4-5-12(17)13(18)8-11/h4-5,8H,3,6-7,9,19H2,1-2H3,(H,20,23). The summed E-state index contributed by atoms with van der Waals surface area (Å²) in [5.41, 5.74) is 7.25. The molecule has 8 heteroatoms. The molecule has 0 atom stereocenters. The Morgan fingerprint density at radius 1 is 1.38 bits per heavy atom. The van der Waals surface area contributed by atoms with Crippen molar-refractivity contribution in [3.63, 3.8) is 0 Å². The minimum Gasteiger partial charge on any atom is -0.385 e. The zero-order chi connectivity index (χ0) is 17.7. The number of carbonyl (C=O) groups excluding carboxylic acids is 1. The van der Waals surface area contributed by atoms with Gasteiger partial charge >= 0.3 is 0 Å². The van der Waals surface area contributed by atoms with Gasteiger partial charge in [0.05, 0.1) is 16.6 Å². The molecule has 0 aliphatic carbocycles. The van der Waals surface area contributed by atoms with E-state index in [1.807, 2.05) is 6.07 Å². The first-order valence-electron chi connectivity index (χ1n) is 7.47. The summed E-state index contributed by atoms with van der Waals surface area (Å²) in [6, 6.07) is 5.36. The molecule has 6 nitrogen and oxygen atoms in total. The van der Waals surface area contributed by atoms with E-state index < -0.39 is 0 Å². The number of aryl methyl sites for hydroxylation is 1. The SMILES string of the molecule is COCCCNC(=O)c1nc(C)n(Cc2ccc(Cl)c(Cl)c2)c1N. The third-order valence-electron chi connectivity index (χ3n) is 3.55. The molecule has 0 saturated heterocycles. The second-order valence-electron chi connectivity index (χ2n) is 5.33. The highest BCUT2D eigenvalue weighted by molar-refractivity contribution is 6.42. The largest absolute Gasteiger partial charge is 0.385 e. The lowest BCUT2D eigenvalue weighted by Gasteiger charge is -2.09. The number of ether oxygens (including phenoxy) is 1. The molecule has 3 N–H and O–H groups in total. The first kappa shape index (κ1) is 18.6. The number of hydrogen-bond donors (Lipinski definition) is 2. The summed E-state index contributed by atoms with van der Waals surface area (Å²) >= 11 is 12.0. The number of hydrogen-bond acceptors (Lipinski definition) is 4. The Labute approximate surface area is 150 Å². The molecule has 0 bridgehead atoms. The fourth-order valence-corrected chi connectivity index (χ4v) is 2.59. The number of aromatic nitrogens is 2. The molecule has 130 valence electrons. The quantitative estimate of drug-likeness (QED) is 0.734. The van der Waals surface area contributed by atoms with Crippen LogP contribution in [0.25, 0.3) is 0 Å². The van der Waals surface area contributed by atoms with Gasteiger partial charge in [0.25, 0.3) is 5.91 Å². The van der Waals surface area contributed by atoms with Crippen molar-refractivity contribution in [3.05, 3.63) is 45.3 Å². The molecule has 0 aliphatic rings. The maximum absolute atomic E-state index is 12.2. The van der Waals surface area contributed by atoms with Gasteiger partial charge in [0.1, 0.15) is 11.6 Å². The number of anilines is 1. The fourth-order valence-electron chi connectivity index (χ4n) is 2.27. The molecule has 0 unspecified atom stereocenters. The van der Waals surface area contributed by atoms with Gasteiger partial charge in [-0.3, -0.25) is 4.79 Å². The molecular formula is C16H20Cl2N4O2. The summed E-state index contributed by atoms with van der Waals surface area (Å²) in [5.74, 6) is 0.683. The molecule has 24 heavy (non-hydrogen) atoms. The Morgan fingerprint density at radius 3 is 2.79 bits per heavy atom. The molecule has 0 radical (unpaired) electrons. The van der Waals surface area contributed by atoms with Crippen molar-refractivity contribution in [1.29, 1.82) is 0 Å². The molecular weight excluding hydrogens is 351 g/mol. The van der Waals surface area contributed by atoms with Crippen LogP contribution in [0.2, 0.25) is 10.0 Å². The Hall–Kier alpha value is -1.76. The highest BCUT2D eigenvalue weighted by atomic mass is 35.5. The van der Waals surface area contributed by atoms with Crippen molar-refractivity contribution in [3.8, 4) is 0 Å². The molecule has 2 aromatic rings. The molecule has 0 fully saturated rings. The van der Waals surface area contributed by atoms with Crippen molar-refractivity contribution >= 4 is 34.9 Å². The van der Waals surface area contributed by atoms with E-state index in [-0.39, 0.29) is 11.6 Å². The van der Waals surface area contributed by atoms with Crippen LogP contribution < -0.4 is 11.1 Å². The predicted molar refractivity (Wildman–Crippen MR) is 95.8 cm³/mol. The Balaban J connectivity index is 2.13. The van der Waals surface area contributed by atoms with Crippen molar-refractivity contribution in [2.75, 3.05) is 26.0 Å². The van der Waals surface area contributed by atoms with E-state index in [9.17, 15) is 4.79 Å². The minimum absolute atomic E-state index is 0.227. The number of imidazole rings is 1. The van der Waals surface area contributed by atoms with Crippen LogP contribution in [0.1, 0.15) is 28.3 Å². The number of nitrogens with zero attached hydrogens (tertiary/aromatic N) is 2. The van der Waals surface area contributed by atoms with E-state index in [0.717, 1.165) is 12.0 Å². The number of nitrogen functional groups attached to an aromatic ring is 1. The number of rotatable bonds is 7. The monoisotopic (exact) mass is 370 g/mol. The first-order valence-corrected chi connectivity index (χ1v) is 8.23. The van der Waals surface area contributed by atoms with Crippen LogP contribution in [-0.2, 0) is 11.3 Å². The highest BCUT2D eigenvalue weighted by Crippen LogP contribution is 2.24. The van der Waals surface area contributed by atoms with Crippen LogP contribution in [0.15, 0.2) is 18.2 Å². The van der Waals surface area contributed by atoms with Gasteiger partial charge in [-0.15, -0.1) is 0 Å². The summed E-state index contributed by atoms with van der Waals surface area (Å²) in [4.78, 5) is 16.5. The van der Waals surface area contributed by atoms with Crippen molar-refractivity contribution < 1.29 is 9.53 Å². The zero-order valence-electron chi connectivity index (χ0n) is 13.6. The summed E-state index contributed by atoms with van der Waals surface area (Å²) in [5, 5.41) is 3.75. The summed E-state index contributed by atoms with van der Waals surface area (Å²) in [6.45, 7) is 3.35. The molecule has 1 amide bonds. The average molecular weight is 371 g/mol. The molecule has 0 aliphatic heterocycles. The third-order valence-corrected chi connectivity index (χ3v) is 4.29. The third kappa shape index (κ3) is 4.41. The van der Waals surface area contributed by atoms with Gasteiger partial charge in [0, 0.05) is 20.3 Å². The Morgan fingerprint density at radius 2 is 2.12 bits per heavy atom. The molecule has 0 spiro atoms. The average Bonchev–Trinajstić information content (AvgIpc) is 2.83. The Bertz CT molecular complexity index is 731. The summed E-state index contributed by atoms with van der Waals surface area (Å²) in [7, 11) is 1.62. The van der Waals surface area contributed by atoms with Gasteiger partial charge in [-0.2, -0.15) is 0 Å². The van der Waals surface area contributed by atoms with E-state index in [2.05, 4.69) is 10.3 Å². The van der Waals surface area contributed by atoms with E-state index in [1.54, 1.807) is 30.7 Å². The van der Waals surface area contributed by atoms with Gasteiger partial charge in [-0.25, -0.2) is 4.98 Å². The number of benzene rings is 1. The minimum atomic E-state index is -0.292. The molecule has 0 saturated carbocycles. The number of nitrogens with one attached hydrogen (secondary N) is 1. The number of carbonyl (C=O) groups is 1. The summed E-state index contributed by atoms with van der Waals surface area (Å²) in [6.07, 6.45) is 0.727. The molecule has 1 aromatic heterocycles. The lowest BCUT2D eigenvalue weighted by molar-refractivity contribution is 0.0945. The number of halogens is 2. The normalized spacial score (nSPS) is 10.8. The fraction of sp³-hybridized carbons (Fsp3) is 0.375. The zero-order valence-corrected chi connectivity index (χ0v) is 15.1. The van der Waals surface area contributed by atoms with Crippen LogP contribution >= 0.6 is 23.2 Å². The number of nitrogens with two attached hydrogens (primary N) is 1. The van der Waals surface area contributed by atoms with Gasteiger partial charge in [0.2, 0.25) is 0 Å². The molecule has 1 aromatic carbocycles. The topological polar surface area (TPSA) is 82.2 Å². The van der Waals surface area contributed by atoms with Crippen molar-refractivity contribution in [2.45, 2.75) is 19.9 Å². The van der Waals surface area contributed by atoms with Gasteiger partial charge in [0.15, 0.2) is 5.69 Å². The van der Waals surface area contributed by atoms with Crippen LogP contribution in [-0.4, -0.2) is 35.7 Å². The lowest BCUT2D eigenvalue weighted by Crippen LogP contribution is -2.26. The van der Waals surface area contributed by atoms with Gasteiger partial charge < -0.3 is 20.4 Å². The van der Waals surface area contributed by atoms with Gasteiger partial charge in [-0.1, -0.05) is 29.3 Å². The first-order chi connectivity index (χ1) is 11.4. The van der Waals surface area contributed by atoms with Crippen molar-refractivity contribution in [1.82, 2.24) is 14.9 Å². The second kappa shape index (κ2) is 8.37. The lowest BCUT2D eigenvalue weighted by atomic mass is 10.2.